The molecule has 6 heteroatoms. The highest BCUT2D eigenvalue weighted by Crippen LogP contribution is 2.33. The van der Waals surface area contributed by atoms with E-state index in [1.807, 2.05) is 6.92 Å². The largest absolute Gasteiger partial charge is 0.385 e. The van der Waals surface area contributed by atoms with Gasteiger partial charge in [-0.3, -0.25) is 0 Å². The molecule has 18 heavy (non-hydrogen) atoms. The van der Waals surface area contributed by atoms with Crippen LogP contribution in [0.4, 0.5) is 18.9 Å². The number of anilines is 1. The van der Waals surface area contributed by atoms with E-state index in [1.54, 1.807) is 0 Å². The minimum atomic E-state index is -2.71. The number of nitrogens with zero attached hydrogens (tertiary/aromatic N) is 1. The van der Waals surface area contributed by atoms with Crippen LogP contribution in [0.25, 0.3) is 10.9 Å². The summed E-state index contributed by atoms with van der Waals surface area (Å²) in [6, 6.07) is 3.46. The van der Waals surface area contributed by atoms with Crippen molar-refractivity contribution < 1.29 is 13.2 Å². The average Bonchev–Trinajstić information content (AvgIpc) is 2.27. The Morgan fingerprint density at radius 3 is 2.67 bits per heavy atom. The van der Waals surface area contributed by atoms with Gasteiger partial charge in [-0.1, -0.05) is 11.6 Å². The van der Waals surface area contributed by atoms with Gasteiger partial charge in [0.05, 0.1) is 10.5 Å². The maximum absolute atomic E-state index is 13.2. The van der Waals surface area contributed by atoms with E-state index in [0.717, 1.165) is 12.1 Å². The molecular weight excluding hydrogens is 265 g/mol. The van der Waals surface area contributed by atoms with Gasteiger partial charge in [-0.05, 0) is 19.1 Å². The molecule has 0 aliphatic heterocycles. The minimum absolute atomic E-state index is 0.119. The molecule has 0 spiro atoms. The lowest BCUT2D eigenvalue weighted by Crippen LogP contribution is -2.01. The van der Waals surface area contributed by atoms with Crippen LogP contribution in [-0.4, -0.2) is 11.5 Å². The van der Waals surface area contributed by atoms with Crippen molar-refractivity contribution >= 4 is 28.2 Å². The lowest BCUT2D eigenvalue weighted by molar-refractivity contribution is 0.146. The third kappa shape index (κ3) is 2.36. The van der Waals surface area contributed by atoms with Gasteiger partial charge < -0.3 is 5.32 Å². The first-order valence-corrected chi connectivity index (χ1v) is 5.72. The van der Waals surface area contributed by atoms with E-state index in [-0.39, 0.29) is 10.5 Å². The number of rotatable bonds is 3. The van der Waals surface area contributed by atoms with E-state index < -0.39 is 17.9 Å². The molecule has 0 saturated heterocycles. The number of hydrogen-bond acceptors (Lipinski definition) is 2. The molecule has 1 heterocycles. The van der Waals surface area contributed by atoms with Gasteiger partial charge in [0.2, 0.25) is 0 Å². The van der Waals surface area contributed by atoms with Crippen LogP contribution in [0.2, 0.25) is 5.02 Å². The zero-order chi connectivity index (χ0) is 13.3. The molecule has 96 valence electrons. The normalized spacial score (nSPS) is 11.2. The Balaban J connectivity index is 2.76. The number of aromatic nitrogens is 1. The summed E-state index contributed by atoms with van der Waals surface area (Å²) in [5.74, 6) is -0.603. The number of pyridine rings is 1. The van der Waals surface area contributed by atoms with Crippen molar-refractivity contribution in [3.63, 3.8) is 0 Å². The number of benzene rings is 1. The van der Waals surface area contributed by atoms with E-state index in [0.29, 0.717) is 17.6 Å². The van der Waals surface area contributed by atoms with Gasteiger partial charge in [0.25, 0.3) is 6.43 Å². The standard InChI is InChI=1S/C12H10ClF3N2/c1-2-17-8-5-10(12(15)16)18-9-4-6(14)3-7(13)11(8)9/h3-5,12H,2H2,1H3,(H,17,18). The van der Waals surface area contributed by atoms with Crippen molar-refractivity contribution in [2.24, 2.45) is 0 Å². The Morgan fingerprint density at radius 1 is 1.33 bits per heavy atom. The predicted octanol–water partition coefficient (Wildman–Crippen LogP) is 4.40. The topological polar surface area (TPSA) is 24.9 Å². The Labute approximate surface area is 107 Å². The molecule has 2 aromatic rings. The van der Waals surface area contributed by atoms with Gasteiger partial charge in [-0.25, -0.2) is 18.2 Å². The van der Waals surface area contributed by atoms with Crippen molar-refractivity contribution in [2.45, 2.75) is 13.3 Å². The number of halogens is 4. The van der Waals surface area contributed by atoms with E-state index in [1.165, 1.54) is 6.07 Å². The van der Waals surface area contributed by atoms with Crippen LogP contribution in [0, 0.1) is 5.82 Å². The fraction of sp³-hybridized carbons (Fsp3) is 0.250. The Hall–Kier alpha value is -1.49. The Bertz CT molecular complexity index is 587. The summed E-state index contributed by atoms with van der Waals surface area (Å²) in [5.41, 5.74) is 0.150. The smallest absolute Gasteiger partial charge is 0.280 e. The zero-order valence-electron chi connectivity index (χ0n) is 9.48. The molecular formula is C12H10ClF3N2. The molecule has 2 rings (SSSR count). The fourth-order valence-electron chi connectivity index (χ4n) is 1.75. The van der Waals surface area contributed by atoms with E-state index >= 15 is 0 Å². The molecule has 0 radical (unpaired) electrons. The van der Waals surface area contributed by atoms with Crippen LogP contribution < -0.4 is 5.32 Å². The monoisotopic (exact) mass is 274 g/mol. The summed E-state index contributed by atoms with van der Waals surface area (Å²) in [6.07, 6.45) is -2.71. The van der Waals surface area contributed by atoms with Gasteiger partial charge in [0.1, 0.15) is 11.5 Å². The second-order valence-electron chi connectivity index (χ2n) is 3.71. The van der Waals surface area contributed by atoms with Gasteiger partial charge in [-0.15, -0.1) is 0 Å². The van der Waals surface area contributed by atoms with Crippen molar-refractivity contribution in [3.05, 3.63) is 34.7 Å². The van der Waals surface area contributed by atoms with Gasteiger partial charge >= 0.3 is 0 Å². The summed E-state index contributed by atoms with van der Waals surface area (Å²) in [6.45, 7) is 2.36. The molecule has 0 aliphatic rings. The predicted molar refractivity (Wildman–Crippen MR) is 65.8 cm³/mol. The van der Waals surface area contributed by atoms with Crippen molar-refractivity contribution in [3.8, 4) is 0 Å². The summed E-state index contributed by atoms with van der Waals surface area (Å²) in [7, 11) is 0. The molecule has 0 bridgehead atoms. The zero-order valence-corrected chi connectivity index (χ0v) is 10.2. The molecule has 0 aliphatic carbocycles. The first-order valence-electron chi connectivity index (χ1n) is 5.34. The second-order valence-corrected chi connectivity index (χ2v) is 4.11. The molecule has 1 aromatic heterocycles. The number of hydrogen-bond donors (Lipinski definition) is 1. The van der Waals surface area contributed by atoms with Gasteiger partial charge in [0.15, 0.2) is 0 Å². The lowest BCUT2D eigenvalue weighted by atomic mass is 10.1. The summed E-state index contributed by atoms with van der Waals surface area (Å²) in [5, 5.41) is 3.52. The van der Waals surface area contributed by atoms with Crippen LogP contribution in [0.3, 0.4) is 0 Å². The minimum Gasteiger partial charge on any atom is -0.385 e. The maximum atomic E-state index is 13.2. The van der Waals surface area contributed by atoms with Crippen molar-refractivity contribution in [2.75, 3.05) is 11.9 Å². The van der Waals surface area contributed by atoms with Crippen molar-refractivity contribution in [1.29, 1.82) is 0 Å². The lowest BCUT2D eigenvalue weighted by Gasteiger charge is -2.11. The van der Waals surface area contributed by atoms with E-state index in [4.69, 9.17) is 11.6 Å². The summed E-state index contributed by atoms with van der Waals surface area (Å²) >= 11 is 5.93. The summed E-state index contributed by atoms with van der Waals surface area (Å²) < 4.78 is 38.6. The van der Waals surface area contributed by atoms with Gasteiger partial charge in [-0.2, -0.15) is 0 Å². The fourth-order valence-corrected chi connectivity index (χ4v) is 2.05. The molecule has 0 unspecified atom stereocenters. The summed E-state index contributed by atoms with van der Waals surface area (Å²) in [4.78, 5) is 3.72. The highest BCUT2D eigenvalue weighted by molar-refractivity contribution is 6.36. The Morgan fingerprint density at radius 2 is 2.06 bits per heavy atom. The molecule has 0 amide bonds. The second kappa shape index (κ2) is 5.02. The Kier molecular flexibility index (Phi) is 3.61. The third-order valence-corrected chi connectivity index (χ3v) is 2.73. The van der Waals surface area contributed by atoms with Crippen LogP contribution in [0.15, 0.2) is 18.2 Å². The van der Waals surface area contributed by atoms with Crippen LogP contribution in [0.1, 0.15) is 19.0 Å². The van der Waals surface area contributed by atoms with Gasteiger partial charge in [0, 0.05) is 23.7 Å². The molecule has 0 atom stereocenters. The molecule has 0 saturated carbocycles. The first-order chi connectivity index (χ1) is 8.52. The van der Waals surface area contributed by atoms with E-state index in [9.17, 15) is 13.2 Å². The molecule has 0 fully saturated rings. The first kappa shape index (κ1) is 13.0. The molecule has 1 N–H and O–H groups in total. The number of alkyl halides is 2. The van der Waals surface area contributed by atoms with Crippen LogP contribution in [-0.2, 0) is 0 Å². The molecule has 2 nitrogen and oxygen atoms in total. The maximum Gasteiger partial charge on any atom is 0.280 e. The number of nitrogens with one attached hydrogen (secondary N) is 1. The SMILES string of the molecule is CCNc1cc(C(F)F)nc2cc(F)cc(Cl)c12. The van der Waals surface area contributed by atoms with Crippen LogP contribution >= 0.6 is 11.6 Å². The van der Waals surface area contributed by atoms with Crippen molar-refractivity contribution in [1.82, 2.24) is 4.98 Å². The third-order valence-electron chi connectivity index (χ3n) is 2.44. The quantitative estimate of drug-likeness (QED) is 0.897. The number of fused-ring (bicyclic) bond motifs is 1. The van der Waals surface area contributed by atoms with E-state index in [2.05, 4.69) is 10.3 Å². The highest BCUT2D eigenvalue weighted by atomic mass is 35.5. The highest BCUT2D eigenvalue weighted by Gasteiger charge is 2.15. The average molecular weight is 275 g/mol. The van der Waals surface area contributed by atoms with Crippen LogP contribution in [0.5, 0.6) is 0 Å². The molecule has 1 aromatic carbocycles.